The lowest BCUT2D eigenvalue weighted by molar-refractivity contribution is 0.703. The number of benzene rings is 3. The van der Waals surface area contributed by atoms with E-state index in [-0.39, 0.29) is 5.56 Å². The molecule has 176 valence electrons. The van der Waals surface area contributed by atoms with Gasteiger partial charge in [-0.05, 0) is 50.1 Å². The highest BCUT2D eigenvalue weighted by atomic mass is 79.9. The molecule has 0 aliphatic carbocycles. The van der Waals surface area contributed by atoms with Crippen molar-refractivity contribution in [1.82, 2.24) is 14.2 Å². The Hall–Kier alpha value is -3.51. The van der Waals surface area contributed by atoms with E-state index in [9.17, 15) is 4.79 Å². The summed E-state index contributed by atoms with van der Waals surface area (Å²) in [5, 5.41) is 6.37. The van der Waals surface area contributed by atoms with Gasteiger partial charge in [-0.3, -0.25) is 4.79 Å². The second-order valence-corrected chi connectivity index (χ2v) is 9.80. The maximum absolute atomic E-state index is 13.4. The first-order valence-electron chi connectivity index (χ1n) is 11.8. The van der Waals surface area contributed by atoms with E-state index in [0.29, 0.717) is 23.1 Å². The van der Waals surface area contributed by atoms with E-state index in [2.05, 4.69) is 83.7 Å². The molecule has 0 saturated carbocycles. The van der Waals surface area contributed by atoms with Crippen LogP contribution >= 0.6 is 15.9 Å². The van der Waals surface area contributed by atoms with Gasteiger partial charge in [-0.25, -0.2) is 4.98 Å². The van der Waals surface area contributed by atoms with Gasteiger partial charge in [0.1, 0.15) is 5.82 Å². The molecule has 0 spiro atoms. The summed E-state index contributed by atoms with van der Waals surface area (Å²) in [5.41, 5.74) is 6.30. The summed E-state index contributed by atoms with van der Waals surface area (Å²) in [7, 11) is 0. The highest BCUT2D eigenvalue weighted by Crippen LogP contribution is 2.26. The van der Waals surface area contributed by atoms with Crippen LogP contribution in [0.15, 0.2) is 81.1 Å². The van der Waals surface area contributed by atoms with Crippen molar-refractivity contribution >= 4 is 44.0 Å². The molecule has 0 bridgehead atoms. The fraction of sp³-hybridized carbons (Fsp3) is 0.207. The van der Waals surface area contributed by atoms with Crippen LogP contribution in [0.2, 0.25) is 0 Å². The first-order valence-corrected chi connectivity index (χ1v) is 12.6. The van der Waals surface area contributed by atoms with Crippen LogP contribution in [0.4, 0.5) is 0 Å². The lowest BCUT2D eigenvalue weighted by Gasteiger charge is -2.10. The summed E-state index contributed by atoms with van der Waals surface area (Å²) in [5.74, 6) is 0.671. The zero-order valence-corrected chi connectivity index (χ0v) is 21.7. The number of aryl methyl sites for hydroxylation is 2. The van der Waals surface area contributed by atoms with Gasteiger partial charge >= 0.3 is 0 Å². The van der Waals surface area contributed by atoms with E-state index < -0.39 is 0 Å². The zero-order valence-electron chi connectivity index (χ0n) is 20.1. The first-order chi connectivity index (χ1) is 17.0. The topological polar surface area (TPSA) is 52.2 Å². The molecular weight excluding hydrogens is 500 g/mol. The average molecular weight is 527 g/mol. The van der Waals surface area contributed by atoms with E-state index >= 15 is 0 Å². The standard InChI is InChI=1S/C29H27BrN4O/c1-4-7-28-32-26-15-14-22(30)16-24(26)29(35)34(28)31-17-25-20(3)33(27-9-6-5-8-23(25)27)18-21-12-10-19(2)11-13-21/h5-6,8-17H,4,7,18H2,1-3H3. The van der Waals surface area contributed by atoms with Crippen molar-refractivity contribution in [1.29, 1.82) is 0 Å². The highest BCUT2D eigenvalue weighted by molar-refractivity contribution is 9.10. The molecule has 0 unspecified atom stereocenters. The Morgan fingerprint density at radius 1 is 1.00 bits per heavy atom. The van der Waals surface area contributed by atoms with Crippen LogP contribution in [0.5, 0.6) is 0 Å². The summed E-state index contributed by atoms with van der Waals surface area (Å²) in [4.78, 5) is 18.2. The van der Waals surface area contributed by atoms with Gasteiger partial charge < -0.3 is 4.57 Å². The number of fused-ring (bicyclic) bond motifs is 2. The molecule has 2 heterocycles. The summed E-state index contributed by atoms with van der Waals surface area (Å²) in [6, 6.07) is 22.6. The summed E-state index contributed by atoms with van der Waals surface area (Å²) in [6.07, 6.45) is 3.36. The van der Waals surface area contributed by atoms with Crippen LogP contribution < -0.4 is 5.56 Å². The van der Waals surface area contributed by atoms with E-state index in [1.807, 2.05) is 30.5 Å². The van der Waals surface area contributed by atoms with Crippen molar-refractivity contribution in [2.24, 2.45) is 5.10 Å². The third-order valence-electron chi connectivity index (χ3n) is 6.39. The minimum absolute atomic E-state index is 0.156. The van der Waals surface area contributed by atoms with Crippen molar-refractivity contribution in [2.75, 3.05) is 0 Å². The van der Waals surface area contributed by atoms with E-state index in [1.54, 1.807) is 0 Å². The minimum atomic E-state index is -0.156. The number of rotatable bonds is 6. The number of hydrogen-bond donors (Lipinski definition) is 0. The van der Waals surface area contributed by atoms with Crippen LogP contribution in [-0.2, 0) is 13.0 Å². The van der Waals surface area contributed by atoms with Crippen molar-refractivity contribution < 1.29 is 0 Å². The molecule has 0 saturated heterocycles. The molecule has 5 rings (SSSR count). The Bertz CT molecular complexity index is 1630. The van der Waals surface area contributed by atoms with Gasteiger partial charge in [0.05, 0.1) is 17.1 Å². The van der Waals surface area contributed by atoms with E-state index in [1.165, 1.54) is 15.8 Å². The van der Waals surface area contributed by atoms with Gasteiger partial charge in [0.25, 0.3) is 5.56 Å². The minimum Gasteiger partial charge on any atom is -0.340 e. The molecule has 35 heavy (non-hydrogen) atoms. The van der Waals surface area contributed by atoms with Crippen LogP contribution in [-0.4, -0.2) is 20.4 Å². The predicted octanol–water partition coefficient (Wildman–Crippen LogP) is 6.61. The van der Waals surface area contributed by atoms with Crippen molar-refractivity contribution in [3.63, 3.8) is 0 Å². The molecule has 5 nitrogen and oxygen atoms in total. The van der Waals surface area contributed by atoms with Gasteiger partial charge in [-0.15, -0.1) is 0 Å². The molecule has 6 heteroatoms. The van der Waals surface area contributed by atoms with Gasteiger partial charge in [0.2, 0.25) is 0 Å². The highest BCUT2D eigenvalue weighted by Gasteiger charge is 2.14. The molecule has 0 amide bonds. The van der Waals surface area contributed by atoms with Crippen LogP contribution in [0.25, 0.3) is 21.8 Å². The van der Waals surface area contributed by atoms with Gasteiger partial charge in [-0.2, -0.15) is 9.78 Å². The fourth-order valence-electron chi connectivity index (χ4n) is 4.52. The maximum Gasteiger partial charge on any atom is 0.282 e. The van der Waals surface area contributed by atoms with Crippen LogP contribution in [0.3, 0.4) is 0 Å². The lowest BCUT2D eigenvalue weighted by atomic mass is 10.1. The maximum atomic E-state index is 13.4. The smallest absolute Gasteiger partial charge is 0.282 e. The average Bonchev–Trinajstić information content (AvgIpc) is 3.12. The third-order valence-corrected chi connectivity index (χ3v) is 6.89. The van der Waals surface area contributed by atoms with E-state index in [4.69, 9.17) is 10.1 Å². The Morgan fingerprint density at radius 2 is 1.77 bits per heavy atom. The fourth-order valence-corrected chi connectivity index (χ4v) is 4.88. The van der Waals surface area contributed by atoms with Crippen LogP contribution in [0.1, 0.15) is 41.6 Å². The number of aromatic nitrogens is 3. The number of para-hydroxylation sites is 1. The third kappa shape index (κ3) is 4.46. The van der Waals surface area contributed by atoms with Gasteiger partial charge in [-0.1, -0.05) is 70.9 Å². The molecule has 3 aromatic carbocycles. The first kappa shape index (κ1) is 23.2. The monoisotopic (exact) mass is 526 g/mol. The lowest BCUT2D eigenvalue weighted by Crippen LogP contribution is -2.22. The molecule has 5 aromatic rings. The predicted molar refractivity (Wildman–Crippen MR) is 148 cm³/mol. The normalized spacial score (nSPS) is 11.8. The number of nitrogens with zero attached hydrogens (tertiary/aromatic N) is 4. The molecule has 0 fully saturated rings. The molecule has 0 radical (unpaired) electrons. The van der Waals surface area contributed by atoms with Crippen molar-refractivity contribution in [3.05, 3.63) is 110 Å². The number of hydrogen-bond acceptors (Lipinski definition) is 3. The summed E-state index contributed by atoms with van der Waals surface area (Å²) in [6.45, 7) is 7.06. The molecular formula is C29H27BrN4O. The Balaban J connectivity index is 1.64. The van der Waals surface area contributed by atoms with E-state index in [0.717, 1.165) is 39.6 Å². The van der Waals surface area contributed by atoms with Crippen LogP contribution in [0, 0.1) is 13.8 Å². The Kier molecular flexibility index (Phi) is 6.39. The molecule has 0 aliphatic rings. The second kappa shape index (κ2) is 9.62. The van der Waals surface area contributed by atoms with Gasteiger partial charge in [0, 0.05) is 39.6 Å². The molecule has 0 aliphatic heterocycles. The quantitative estimate of drug-likeness (QED) is 0.233. The zero-order chi connectivity index (χ0) is 24.5. The Labute approximate surface area is 212 Å². The van der Waals surface area contributed by atoms with Crippen molar-refractivity contribution in [3.8, 4) is 0 Å². The van der Waals surface area contributed by atoms with Gasteiger partial charge in [0.15, 0.2) is 0 Å². The summed E-state index contributed by atoms with van der Waals surface area (Å²) >= 11 is 3.47. The molecule has 0 N–H and O–H groups in total. The van der Waals surface area contributed by atoms with Crippen molar-refractivity contribution in [2.45, 2.75) is 40.2 Å². The Morgan fingerprint density at radius 3 is 2.54 bits per heavy atom. The number of halogens is 1. The SMILES string of the molecule is CCCc1nc2ccc(Br)cc2c(=O)n1N=Cc1c(C)n(Cc2ccc(C)cc2)c2ccccc12. The molecule has 2 aromatic heterocycles. The largest absolute Gasteiger partial charge is 0.340 e. The summed E-state index contributed by atoms with van der Waals surface area (Å²) < 4.78 is 4.62. The molecule has 0 atom stereocenters. The second-order valence-electron chi connectivity index (χ2n) is 8.89.